The maximum atomic E-state index is 12.9. The average molecular weight is 458 g/mol. The van der Waals surface area contributed by atoms with Crippen LogP contribution < -0.4 is 10.3 Å². The number of halogens is 2. The van der Waals surface area contributed by atoms with Crippen LogP contribution in [0.2, 0.25) is 0 Å². The van der Waals surface area contributed by atoms with Crippen molar-refractivity contribution in [1.29, 1.82) is 0 Å². The van der Waals surface area contributed by atoms with Crippen LogP contribution in [-0.2, 0) is 18.6 Å². The molecular weight excluding hydrogens is 434 g/mol. The smallest absolute Gasteiger partial charge is 0.284 e. The van der Waals surface area contributed by atoms with Gasteiger partial charge in [-0.1, -0.05) is 24.3 Å². The molecule has 0 fully saturated rings. The van der Waals surface area contributed by atoms with E-state index >= 15 is 0 Å². The summed E-state index contributed by atoms with van der Waals surface area (Å²) in [5.41, 5.74) is 1.58. The van der Waals surface area contributed by atoms with E-state index in [2.05, 4.69) is 5.10 Å². The van der Waals surface area contributed by atoms with E-state index in [1.807, 2.05) is 67.6 Å². The fourth-order valence-electron chi connectivity index (χ4n) is 2.32. The lowest BCUT2D eigenvalue weighted by Gasteiger charge is -2.21. The summed E-state index contributed by atoms with van der Waals surface area (Å²) in [6.07, 6.45) is 2.06. The quantitative estimate of drug-likeness (QED) is 0.600. The maximum absolute atomic E-state index is 12.9. The molecular formula is C19H24FIN2O2. The van der Waals surface area contributed by atoms with Crippen LogP contribution in [0.1, 0.15) is 45.2 Å². The van der Waals surface area contributed by atoms with Crippen molar-refractivity contribution in [2.45, 2.75) is 58.9 Å². The number of aromatic nitrogens is 2. The van der Waals surface area contributed by atoms with E-state index in [0.717, 1.165) is 17.5 Å². The molecule has 0 radical (unpaired) electrons. The van der Waals surface area contributed by atoms with Crippen LogP contribution >= 0.6 is 22.6 Å². The first-order valence-electron chi connectivity index (χ1n) is 8.31. The van der Waals surface area contributed by atoms with Crippen LogP contribution in [0.5, 0.6) is 5.75 Å². The summed E-state index contributed by atoms with van der Waals surface area (Å²) in [5.74, 6) is 0.487. The fourth-order valence-corrected chi connectivity index (χ4v) is 2.85. The molecule has 2 rings (SSSR count). The Hall–Kier alpha value is -1.44. The molecule has 0 aliphatic rings. The van der Waals surface area contributed by atoms with Crippen LogP contribution in [0, 0.1) is 3.57 Å². The van der Waals surface area contributed by atoms with E-state index in [1.165, 1.54) is 4.68 Å². The van der Waals surface area contributed by atoms with Crippen molar-refractivity contribution in [2.24, 2.45) is 0 Å². The van der Waals surface area contributed by atoms with E-state index in [9.17, 15) is 9.18 Å². The first kappa shape index (κ1) is 19.9. The third-order valence-electron chi connectivity index (χ3n) is 3.77. The number of alkyl halides is 1. The van der Waals surface area contributed by atoms with Gasteiger partial charge in [-0.05, 0) is 74.3 Å². The van der Waals surface area contributed by atoms with Gasteiger partial charge < -0.3 is 4.74 Å². The SMILES string of the molecule is CC(F)CCc1ccc(COc2cnn(C(C)(C)C)c(=O)c2I)cc1. The molecule has 1 aromatic heterocycles. The summed E-state index contributed by atoms with van der Waals surface area (Å²) < 4.78 is 20.6. The minimum Gasteiger partial charge on any atom is -0.486 e. The zero-order chi connectivity index (χ0) is 18.6. The minimum atomic E-state index is -0.784. The van der Waals surface area contributed by atoms with Gasteiger partial charge in [-0.25, -0.2) is 9.07 Å². The Labute approximate surface area is 161 Å². The molecule has 25 heavy (non-hydrogen) atoms. The van der Waals surface area contributed by atoms with Gasteiger partial charge in [-0.15, -0.1) is 0 Å². The Balaban J connectivity index is 2.04. The topological polar surface area (TPSA) is 44.1 Å². The van der Waals surface area contributed by atoms with Gasteiger partial charge in [0.1, 0.15) is 10.2 Å². The van der Waals surface area contributed by atoms with E-state index in [-0.39, 0.29) is 11.1 Å². The lowest BCUT2D eigenvalue weighted by Crippen LogP contribution is -2.37. The summed E-state index contributed by atoms with van der Waals surface area (Å²) in [4.78, 5) is 12.4. The van der Waals surface area contributed by atoms with Crippen LogP contribution in [-0.4, -0.2) is 16.0 Å². The molecule has 0 spiro atoms. The predicted molar refractivity (Wildman–Crippen MR) is 106 cm³/mol. The molecule has 0 amide bonds. The fraction of sp³-hybridized carbons (Fsp3) is 0.474. The monoisotopic (exact) mass is 458 g/mol. The Morgan fingerprint density at radius 1 is 1.24 bits per heavy atom. The number of hydrogen-bond acceptors (Lipinski definition) is 3. The highest BCUT2D eigenvalue weighted by atomic mass is 127. The zero-order valence-electron chi connectivity index (χ0n) is 15.1. The molecule has 2 aromatic rings. The number of ether oxygens (including phenoxy) is 1. The van der Waals surface area contributed by atoms with Crippen molar-refractivity contribution in [3.8, 4) is 5.75 Å². The lowest BCUT2D eigenvalue weighted by molar-refractivity contribution is 0.288. The molecule has 6 heteroatoms. The van der Waals surface area contributed by atoms with Crippen molar-refractivity contribution in [3.63, 3.8) is 0 Å². The lowest BCUT2D eigenvalue weighted by atomic mass is 10.1. The largest absolute Gasteiger partial charge is 0.486 e. The van der Waals surface area contributed by atoms with E-state index in [0.29, 0.717) is 22.3 Å². The van der Waals surface area contributed by atoms with Gasteiger partial charge in [0.05, 0.1) is 17.9 Å². The van der Waals surface area contributed by atoms with Crippen molar-refractivity contribution in [3.05, 3.63) is 55.5 Å². The zero-order valence-corrected chi connectivity index (χ0v) is 17.2. The normalized spacial score (nSPS) is 12.9. The molecule has 0 N–H and O–H groups in total. The summed E-state index contributed by atoms with van der Waals surface area (Å²) in [6, 6.07) is 7.91. The van der Waals surface area contributed by atoms with Gasteiger partial charge >= 0.3 is 0 Å². The van der Waals surface area contributed by atoms with Gasteiger partial charge in [0, 0.05) is 0 Å². The summed E-state index contributed by atoms with van der Waals surface area (Å²) in [6.45, 7) is 7.73. The number of rotatable bonds is 6. The summed E-state index contributed by atoms with van der Waals surface area (Å²) in [7, 11) is 0. The van der Waals surface area contributed by atoms with Crippen LogP contribution in [0.3, 0.4) is 0 Å². The highest BCUT2D eigenvalue weighted by Gasteiger charge is 2.19. The molecule has 4 nitrogen and oxygen atoms in total. The molecule has 0 bridgehead atoms. The Kier molecular flexibility index (Phi) is 6.59. The second-order valence-electron chi connectivity index (χ2n) is 7.14. The minimum absolute atomic E-state index is 0.152. The molecule has 0 aliphatic carbocycles. The first-order chi connectivity index (χ1) is 11.7. The second kappa shape index (κ2) is 8.29. The summed E-state index contributed by atoms with van der Waals surface area (Å²) >= 11 is 2.00. The van der Waals surface area contributed by atoms with Gasteiger partial charge in [-0.2, -0.15) is 5.10 Å². The second-order valence-corrected chi connectivity index (χ2v) is 8.21. The van der Waals surface area contributed by atoms with Crippen LogP contribution in [0.4, 0.5) is 4.39 Å². The van der Waals surface area contributed by atoms with Gasteiger partial charge in [0.25, 0.3) is 5.56 Å². The molecule has 0 aliphatic heterocycles. The van der Waals surface area contributed by atoms with Gasteiger partial charge in [0.2, 0.25) is 0 Å². The molecule has 0 saturated heterocycles. The molecule has 0 saturated carbocycles. The van der Waals surface area contributed by atoms with Crippen molar-refractivity contribution in [2.75, 3.05) is 0 Å². The molecule has 136 valence electrons. The average Bonchev–Trinajstić information content (AvgIpc) is 2.54. The summed E-state index contributed by atoms with van der Waals surface area (Å²) in [5, 5.41) is 4.22. The third kappa shape index (κ3) is 5.52. The Morgan fingerprint density at radius 2 is 1.84 bits per heavy atom. The molecule has 1 unspecified atom stereocenters. The number of aryl methyl sites for hydroxylation is 1. The standard InChI is InChI=1S/C19H24FIN2O2/c1-13(20)5-6-14-7-9-15(10-8-14)12-25-16-11-22-23(19(2,3)4)18(24)17(16)21/h7-11,13H,5-6,12H2,1-4H3. The highest BCUT2D eigenvalue weighted by molar-refractivity contribution is 14.1. The van der Waals surface area contributed by atoms with Crippen molar-refractivity contribution >= 4 is 22.6 Å². The number of benzene rings is 1. The molecule has 1 atom stereocenters. The van der Waals surface area contributed by atoms with Crippen LogP contribution in [0.25, 0.3) is 0 Å². The van der Waals surface area contributed by atoms with E-state index in [4.69, 9.17) is 4.74 Å². The molecule has 1 aromatic carbocycles. The van der Waals surface area contributed by atoms with E-state index in [1.54, 1.807) is 13.1 Å². The Bertz CT molecular complexity index is 764. The van der Waals surface area contributed by atoms with Gasteiger partial charge in [0.15, 0.2) is 5.75 Å². The Morgan fingerprint density at radius 3 is 2.40 bits per heavy atom. The highest BCUT2D eigenvalue weighted by Crippen LogP contribution is 2.19. The molecule has 1 heterocycles. The van der Waals surface area contributed by atoms with Crippen molar-refractivity contribution < 1.29 is 9.13 Å². The van der Waals surface area contributed by atoms with Gasteiger partial charge in [-0.3, -0.25) is 4.79 Å². The maximum Gasteiger partial charge on any atom is 0.284 e. The number of hydrogen-bond donors (Lipinski definition) is 0. The predicted octanol–water partition coefficient (Wildman–Crippen LogP) is 4.47. The van der Waals surface area contributed by atoms with Crippen LogP contribution in [0.15, 0.2) is 35.3 Å². The van der Waals surface area contributed by atoms with Crippen molar-refractivity contribution in [1.82, 2.24) is 9.78 Å². The first-order valence-corrected chi connectivity index (χ1v) is 9.39. The number of nitrogens with zero attached hydrogens (tertiary/aromatic N) is 2. The third-order valence-corrected chi connectivity index (χ3v) is 4.76. The van der Waals surface area contributed by atoms with E-state index < -0.39 is 6.17 Å².